The van der Waals surface area contributed by atoms with E-state index in [2.05, 4.69) is 21.2 Å². The minimum atomic E-state index is -0.177. The summed E-state index contributed by atoms with van der Waals surface area (Å²) in [5.74, 6) is 2.72. The van der Waals surface area contributed by atoms with Gasteiger partial charge in [-0.05, 0) is 89.9 Å². The fraction of sp³-hybridized carbons (Fsp3) is 0.647. The molecule has 4 aliphatic carbocycles. The largest absolute Gasteiger partial charge is 0.307 e. The van der Waals surface area contributed by atoms with Crippen molar-refractivity contribution in [3.8, 4) is 0 Å². The van der Waals surface area contributed by atoms with Crippen LogP contribution in [0.4, 0.5) is 4.39 Å². The summed E-state index contributed by atoms with van der Waals surface area (Å²) >= 11 is 3.28. The summed E-state index contributed by atoms with van der Waals surface area (Å²) < 4.78 is 13.9. The molecule has 1 aromatic carbocycles. The van der Waals surface area contributed by atoms with E-state index in [4.69, 9.17) is 0 Å². The average molecular weight is 338 g/mol. The fourth-order valence-corrected chi connectivity index (χ4v) is 5.69. The molecule has 1 nitrogen and oxygen atoms in total. The summed E-state index contributed by atoms with van der Waals surface area (Å²) in [7, 11) is 0. The van der Waals surface area contributed by atoms with E-state index in [-0.39, 0.29) is 5.82 Å². The molecule has 1 N–H and O–H groups in total. The second kappa shape index (κ2) is 4.81. The van der Waals surface area contributed by atoms with Crippen LogP contribution in [0.15, 0.2) is 22.7 Å². The molecule has 20 heavy (non-hydrogen) atoms. The first-order chi connectivity index (χ1) is 9.62. The molecular weight excluding hydrogens is 317 g/mol. The number of nitrogens with one attached hydrogen (secondary N) is 1. The number of halogens is 2. The summed E-state index contributed by atoms with van der Waals surface area (Å²) in [5.41, 5.74) is 1.56. The van der Waals surface area contributed by atoms with Crippen molar-refractivity contribution in [2.24, 2.45) is 17.8 Å². The lowest BCUT2D eigenvalue weighted by Crippen LogP contribution is -2.58. The van der Waals surface area contributed by atoms with Gasteiger partial charge in [0.2, 0.25) is 0 Å². The van der Waals surface area contributed by atoms with Crippen LogP contribution >= 0.6 is 15.9 Å². The molecule has 5 rings (SSSR count). The third-order valence-electron chi connectivity index (χ3n) is 5.69. The zero-order valence-electron chi connectivity index (χ0n) is 11.7. The molecule has 4 fully saturated rings. The Hall–Kier alpha value is -0.410. The quantitative estimate of drug-likeness (QED) is 0.846. The van der Waals surface area contributed by atoms with Crippen LogP contribution in [-0.2, 0) is 6.54 Å². The van der Waals surface area contributed by atoms with Crippen molar-refractivity contribution >= 4 is 15.9 Å². The Bertz CT molecular complexity index is 492. The van der Waals surface area contributed by atoms with E-state index in [1.54, 1.807) is 6.07 Å². The van der Waals surface area contributed by atoms with Crippen molar-refractivity contribution in [2.45, 2.75) is 50.6 Å². The lowest BCUT2D eigenvalue weighted by atomic mass is 9.53. The van der Waals surface area contributed by atoms with Crippen molar-refractivity contribution < 1.29 is 4.39 Å². The van der Waals surface area contributed by atoms with Crippen LogP contribution < -0.4 is 5.32 Å². The molecule has 0 radical (unpaired) electrons. The van der Waals surface area contributed by atoms with Gasteiger partial charge in [0, 0.05) is 12.1 Å². The summed E-state index contributed by atoms with van der Waals surface area (Å²) in [5, 5.41) is 3.85. The average Bonchev–Trinajstić information content (AvgIpc) is 2.39. The Balaban J connectivity index is 1.47. The van der Waals surface area contributed by atoms with Crippen LogP contribution in [0.25, 0.3) is 0 Å². The molecule has 4 aliphatic rings. The standard InChI is InChI=1S/C17H21BrFN/c18-15-6-11(1-2-16(15)19)10-20-17-7-12-3-13(8-17)5-14(4-12)9-17/h1-2,6,12-14,20H,3-5,7-10H2. The molecule has 0 spiro atoms. The van der Waals surface area contributed by atoms with E-state index in [9.17, 15) is 4.39 Å². The lowest BCUT2D eigenvalue weighted by Gasteiger charge is -2.57. The van der Waals surface area contributed by atoms with Crippen LogP contribution in [0.3, 0.4) is 0 Å². The van der Waals surface area contributed by atoms with Crippen molar-refractivity contribution in [1.82, 2.24) is 5.32 Å². The molecule has 0 aromatic heterocycles. The summed E-state index contributed by atoms with van der Waals surface area (Å²) in [6, 6.07) is 5.36. The summed E-state index contributed by atoms with van der Waals surface area (Å²) in [6.45, 7) is 0.866. The molecule has 1 aromatic rings. The van der Waals surface area contributed by atoms with Gasteiger partial charge in [-0.1, -0.05) is 6.07 Å². The van der Waals surface area contributed by atoms with Crippen molar-refractivity contribution in [3.05, 3.63) is 34.1 Å². The molecule has 3 heteroatoms. The molecule has 4 saturated carbocycles. The van der Waals surface area contributed by atoms with E-state index in [1.807, 2.05) is 12.1 Å². The highest BCUT2D eigenvalue weighted by molar-refractivity contribution is 9.10. The first kappa shape index (κ1) is 13.3. The van der Waals surface area contributed by atoms with Crippen molar-refractivity contribution in [3.63, 3.8) is 0 Å². The van der Waals surface area contributed by atoms with Crippen LogP contribution in [0.1, 0.15) is 44.1 Å². The molecule has 0 heterocycles. The number of rotatable bonds is 3. The minimum absolute atomic E-state index is 0.177. The van der Waals surface area contributed by atoms with Gasteiger partial charge in [-0.25, -0.2) is 4.39 Å². The third kappa shape index (κ3) is 2.33. The van der Waals surface area contributed by atoms with Gasteiger partial charge in [-0.2, -0.15) is 0 Å². The van der Waals surface area contributed by atoms with E-state index in [1.165, 1.54) is 44.1 Å². The number of hydrogen-bond acceptors (Lipinski definition) is 1. The molecule has 0 aliphatic heterocycles. The van der Waals surface area contributed by atoms with E-state index in [0.29, 0.717) is 10.0 Å². The third-order valence-corrected chi connectivity index (χ3v) is 6.30. The van der Waals surface area contributed by atoms with E-state index >= 15 is 0 Å². The second-order valence-corrected chi connectivity index (χ2v) is 8.15. The van der Waals surface area contributed by atoms with Gasteiger partial charge in [0.25, 0.3) is 0 Å². The molecule has 4 bridgehead atoms. The maximum absolute atomic E-state index is 13.3. The van der Waals surface area contributed by atoms with Gasteiger partial charge >= 0.3 is 0 Å². The van der Waals surface area contributed by atoms with Crippen LogP contribution in [-0.4, -0.2) is 5.54 Å². The molecule has 0 amide bonds. The maximum atomic E-state index is 13.3. The monoisotopic (exact) mass is 337 g/mol. The van der Waals surface area contributed by atoms with E-state index in [0.717, 1.165) is 24.3 Å². The van der Waals surface area contributed by atoms with Gasteiger partial charge in [0.05, 0.1) is 4.47 Å². The SMILES string of the molecule is Fc1ccc(CNC23CC4CC(CC(C4)C2)C3)cc1Br. The topological polar surface area (TPSA) is 12.0 Å². The Kier molecular flexibility index (Phi) is 3.19. The van der Waals surface area contributed by atoms with Gasteiger partial charge in [0.1, 0.15) is 5.82 Å². The van der Waals surface area contributed by atoms with E-state index < -0.39 is 0 Å². The smallest absolute Gasteiger partial charge is 0.137 e. The molecular formula is C17H21BrFN. The van der Waals surface area contributed by atoms with Crippen LogP contribution in [0.2, 0.25) is 0 Å². The van der Waals surface area contributed by atoms with Crippen LogP contribution in [0.5, 0.6) is 0 Å². The van der Waals surface area contributed by atoms with Gasteiger partial charge in [-0.15, -0.1) is 0 Å². The Morgan fingerprint density at radius 1 is 1.10 bits per heavy atom. The minimum Gasteiger partial charge on any atom is -0.307 e. The highest BCUT2D eigenvalue weighted by Crippen LogP contribution is 2.55. The first-order valence-corrected chi connectivity index (χ1v) is 8.60. The molecule has 108 valence electrons. The highest BCUT2D eigenvalue weighted by Gasteiger charge is 2.50. The first-order valence-electron chi connectivity index (χ1n) is 7.81. The Morgan fingerprint density at radius 2 is 1.70 bits per heavy atom. The summed E-state index contributed by atoms with van der Waals surface area (Å²) in [4.78, 5) is 0. The predicted octanol–water partition coefficient (Wildman–Crippen LogP) is 4.65. The number of benzene rings is 1. The van der Waals surface area contributed by atoms with Crippen molar-refractivity contribution in [1.29, 1.82) is 0 Å². The van der Waals surface area contributed by atoms with Crippen LogP contribution in [0, 0.1) is 23.6 Å². The second-order valence-electron chi connectivity index (χ2n) is 7.30. The maximum Gasteiger partial charge on any atom is 0.137 e. The van der Waals surface area contributed by atoms with Gasteiger partial charge in [0.15, 0.2) is 0 Å². The van der Waals surface area contributed by atoms with Gasteiger partial charge in [-0.3, -0.25) is 0 Å². The zero-order valence-corrected chi connectivity index (χ0v) is 13.3. The normalized spacial score (nSPS) is 38.4. The molecule has 0 saturated heterocycles. The van der Waals surface area contributed by atoms with Crippen molar-refractivity contribution in [2.75, 3.05) is 0 Å². The Morgan fingerprint density at radius 3 is 2.25 bits per heavy atom. The summed E-state index contributed by atoms with van der Waals surface area (Å²) in [6.07, 6.45) is 8.51. The fourth-order valence-electron chi connectivity index (χ4n) is 5.27. The zero-order chi connectivity index (χ0) is 13.7. The molecule has 0 atom stereocenters. The predicted molar refractivity (Wildman–Crippen MR) is 81.8 cm³/mol. The number of hydrogen-bond donors (Lipinski definition) is 1. The van der Waals surface area contributed by atoms with Gasteiger partial charge < -0.3 is 5.32 Å². The molecule has 0 unspecified atom stereocenters. The Labute approximate surface area is 128 Å². The highest BCUT2D eigenvalue weighted by atomic mass is 79.9. The lowest BCUT2D eigenvalue weighted by molar-refractivity contribution is -0.0206.